The molecular formula is C24H29F2N3O4S. The first-order valence-corrected chi connectivity index (χ1v) is 13.3. The van der Waals surface area contributed by atoms with Crippen LogP contribution < -0.4 is 9.46 Å². The monoisotopic (exact) mass is 493 g/mol. The Morgan fingerprint density at radius 3 is 2.62 bits per heavy atom. The number of ether oxygens (including phenoxy) is 1. The summed E-state index contributed by atoms with van der Waals surface area (Å²) >= 11 is 0. The number of benzene rings is 1. The zero-order valence-corrected chi connectivity index (χ0v) is 19.9. The van der Waals surface area contributed by atoms with Crippen LogP contribution in [0, 0.1) is 11.7 Å². The first-order chi connectivity index (χ1) is 16.2. The number of amides is 1. The SMILES string of the molecule is CS(=O)(=O)NC(=O)c1cc(C2CC2)c(OCC2CCN(Cc3ncccc3CF)CC2)cc1F. The van der Waals surface area contributed by atoms with Gasteiger partial charge in [0.15, 0.2) is 0 Å². The van der Waals surface area contributed by atoms with Crippen LogP contribution in [0.2, 0.25) is 0 Å². The Morgan fingerprint density at radius 2 is 1.97 bits per heavy atom. The second kappa shape index (κ2) is 10.4. The number of aromatic nitrogens is 1. The maximum atomic E-state index is 14.7. The van der Waals surface area contributed by atoms with Crippen molar-refractivity contribution < 1.29 is 26.7 Å². The number of nitrogens with zero attached hydrogens (tertiary/aromatic N) is 2. The number of carbonyl (C=O) groups excluding carboxylic acids is 1. The van der Waals surface area contributed by atoms with Crippen molar-refractivity contribution in [3.63, 3.8) is 0 Å². The molecule has 1 saturated heterocycles. The van der Waals surface area contributed by atoms with Crippen LogP contribution in [0.25, 0.3) is 0 Å². The van der Waals surface area contributed by atoms with Gasteiger partial charge in [0.1, 0.15) is 18.2 Å². The third-order valence-corrected chi connectivity index (χ3v) is 6.88. The van der Waals surface area contributed by atoms with Crippen molar-refractivity contribution in [3.05, 3.63) is 58.7 Å². The van der Waals surface area contributed by atoms with E-state index in [-0.39, 0.29) is 11.5 Å². The fraction of sp³-hybridized carbons (Fsp3) is 0.500. The Hall–Kier alpha value is -2.59. The molecule has 4 rings (SSSR count). The highest BCUT2D eigenvalue weighted by Crippen LogP contribution is 2.45. The molecule has 1 aliphatic heterocycles. The molecule has 0 unspecified atom stereocenters. The topological polar surface area (TPSA) is 88.6 Å². The lowest BCUT2D eigenvalue weighted by Gasteiger charge is -2.32. The summed E-state index contributed by atoms with van der Waals surface area (Å²) in [7, 11) is -3.79. The van der Waals surface area contributed by atoms with Crippen LogP contribution >= 0.6 is 0 Å². The van der Waals surface area contributed by atoms with Crippen molar-refractivity contribution in [1.29, 1.82) is 0 Å². The van der Waals surface area contributed by atoms with Gasteiger partial charge in [0.2, 0.25) is 10.0 Å². The van der Waals surface area contributed by atoms with Crippen molar-refractivity contribution in [2.45, 2.75) is 44.8 Å². The summed E-state index contributed by atoms with van der Waals surface area (Å²) in [6, 6.07) is 6.11. The van der Waals surface area contributed by atoms with Gasteiger partial charge in [-0.2, -0.15) is 0 Å². The molecule has 2 heterocycles. The zero-order valence-electron chi connectivity index (χ0n) is 19.1. The van der Waals surface area contributed by atoms with Gasteiger partial charge in [-0.25, -0.2) is 21.9 Å². The van der Waals surface area contributed by atoms with Gasteiger partial charge in [0.05, 0.1) is 24.1 Å². The maximum Gasteiger partial charge on any atom is 0.267 e. The van der Waals surface area contributed by atoms with Gasteiger partial charge >= 0.3 is 0 Å². The summed E-state index contributed by atoms with van der Waals surface area (Å²) in [5, 5.41) is 0. The third-order valence-electron chi connectivity index (χ3n) is 6.32. The van der Waals surface area contributed by atoms with Crippen LogP contribution in [0.5, 0.6) is 5.75 Å². The van der Waals surface area contributed by atoms with E-state index in [9.17, 15) is 22.0 Å². The molecule has 1 aromatic carbocycles. The summed E-state index contributed by atoms with van der Waals surface area (Å²) in [5.41, 5.74) is 1.84. The van der Waals surface area contributed by atoms with E-state index < -0.39 is 28.4 Å². The van der Waals surface area contributed by atoms with E-state index in [0.717, 1.165) is 56.3 Å². The number of pyridine rings is 1. The van der Waals surface area contributed by atoms with Crippen molar-refractivity contribution in [2.75, 3.05) is 26.0 Å². The molecule has 2 aromatic rings. The number of piperidine rings is 1. The predicted octanol–water partition coefficient (Wildman–Crippen LogP) is 3.55. The highest BCUT2D eigenvalue weighted by atomic mass is 32.2. The number of hydrogen-bond acceptors (Lipinski definition) is 6. The Morgan fingerprint density at radius 1 is 1.24 bits per heavy atom. The lowest BCUT2D eigenvalue weighted by Crippen LogP contribution is -2.35. The number of hydrogen-bond donors (Lipinski definition) is 1. The molecule has 1 saturated carbocycles. The van der Waals surface area contributed by atoms with Crippen LogP contribution in [0.4, 0.5) is 8.78 Å². The number of sulfonamides is 1. The number of rotatable bonds is 9. The fourth-order valence-electron chi connectivity index (χ4n) is 4.27. The van der Waals surface area contributed by atoms with Crippen molar-refractivity contribution in [2.24, 2.45) is 5.92 Å². The maximum absolute atomic E-state index is 14.7. The molecule has 184 valence electrons. The summed E-state index contributed by atoms with van der Waals surface area (Å²) < 4.78 is 58.4. The quantitative estimate of drug-likeness (QED) is 0.575. The van der Waals surface area contributed by atoms with Crippen molar-refractivity contribution in [1.82, 2.24) is 14.6 Å². The first-order valence-electron chi connectivity index (χ1n) is 11.4. The van der Waals surface area contributed by atoms with Gasteiger partial charge in [0.25, 0.3) is 5.91 Å². The highest BCUT2D eigenvalue weighted by molar-refractivity contribution is 7.89. The van der Waals surface area contributed by atoms with Gasteiger partial charge in [-0.05, 0) is 68.3 Å². The molecular weight excluding hydrogens is 464 g/mol. The van der Waals surface area contributed by atoms with E-state index in [1.54, 1.807) is 18.3 Å². The minimum Gasteiger partial charge on any atom is -0.493 e. The van der Waals surface area contributed by atoms with Crippen LogP contribution in [0.15, 0.2) is 30.5 Å². The lowest BCUT2D eigenvalue weighted by molar-refractivity contribution is 0.0977. The predicted molar refractivity (Wildman–Crippen MR) is 123 cm³/mol. The molecule has 0 bridgehead atoms. The van der Waals surface area contributed by atoms with Gasteiger partial charge < -0.3 is 4.74 Å². The molecule has 2 fully saturated rings. The largest absolute Gasteiger partial charge is 0.493 e. The van der Waals surface area contributed by atoms with E-state index in [1.165, 1.54) is 12.1 Å². The molecule has 1 N–H and O–H groups in total. The van der Waals surface area contributed by atoms with Crippen molar-refractivity contribution in [3.8, 4) is 5.75 Å². The van der Waals surface area contributed by atoms with Gasteiger partial charge in [-0.3, -0.25) is 14.7 Å². The number of halogens is 2. The fourth-order valence-corrected chi connectivity index (χ4v) is 4.72. The smallest absolute Gasteiger partial charge is 0.267 e. The zero-order chi connectivity index (χ0) is 24.3. The molecule has 0 spiro atoms. The van der Waals surface area contributed by atoms with E-state index in [0.29, 0.717) is 30.4 Å². The Bertz CT molecular complexity index is 1150. The lowest BCUT2D eigenvalue weighted by atomic mass is 9.97. The van der Waals surface area contributed by atoms with Gasteiger partial charge in [-0.1, -0.05) is 6.07 Å². The molecule has 1 aliphatic carbocycles. The minimum atomic E-state index is -3.79. The Labute approximate surface area is 198 Å². The number of alkyl halides is 1. The van der Waals surface area contributed by atoms with Gasteiger partial charge in [-0.15, -0.1) is 0 Å². The molecule has 10 heteroatoms. The van der Waals surface area contributed by atoms with E-state index in [4.69, 9.17) is 4.74 Å². The number of likely N-dealkylation sites (tertiary alicyclic amines) is 1. The van der Waals surface area contributed by atoms with Crippen LogP contribution in [0.3, 0.4) is 0 Å². The van der Waals surface area contributed by atoms with E-state index in [2.05, 4.69) is 9.88 Å². The standard InChI is InChI=1S/C24H29F2N3O4S/c1-34(31,32)28-24(30)20-11-19(17-4-5-17)23(12-21(20)26)33-15-16-6-9-29(10-7-16)14-22-18(13-25)3-2-8-27-22/h2-3,8,11-12,16-17H,4-7,9-10,13-15H2,1H3,(H,28,30). The summed E-state index contributed by atoms with van der Waals surface area (Å²) in [6.45, 7) is 2.19. The summed E-state index contributed by atoms with van der Waals surface area (Å²) in [4.78, 5) is 18.8. The number of carbonyl (C=O) groups is 1. The molecule has 1 aromatic heterocycles. The molecule has 2 aliphatic rings. The molecule has 0 radical (unpaired) electrons. The summed E-state index contributed by atoms with van der Waals surface area (Å²) in [6.07, 6.45) is 6.16. The second-order valence-corrected chi connectivity index (χ2v) is 10.9. The average Bonchev–Trinajstić information content (AvgIpc) is 3.63. The van der Waals surface area contributed by atoms with E-state index >= 15 is 0 Å². The summed E-state index contributed by atoms with van der Waals surface area (Å²) in [5.74, 6) is -0.896. The van der Waals surface area contributed by atoms with Gasteiger partial charge in [0, 0.05) is 24.4 Å². The Balaban J connectivity index is 1.36. The molecule has 0 atom stereocenters. The van der Waals surface area contributed by atoms with E-state index in [1.807, 2.05) is 4.72 Å². The molecule has 7 nitrogen and oxygen atoms in total. The minimum absolute atomic E-state index is 0.185. The second-order valence-electron chi connectivity index (χ2n) is 9.12. The third kappa shape index (κ3) is 6.29. The van der Waals surface area contributed by atoms with Crippen molar-refractivity contribution >= 4 is 15.9 Å². The normalized spacial score (nSPS) is 17.5. The van der Waals surface area contributed by atoms with Crippen LogP contribution in [-0.2, 0) is 23.2 Å². The number of nitrogens with one attached hydrogen (secondary N) is 1. The molecule has 1 amide bonds. The Kier molecular flexibility index (Phi) is 7.47. The average molecular weight is 494 g/mol. The highest BCUT2D eigenvalue weighted by Gasteiger charge is 2.30. The first kappa shape index (κ1) is 24.5. The molecule has 34 heavy (non-hydrogen) atoms. The van der Waals surface area contributed by atoms with Crippen LogP contribution in [0.1, 0.15) is 58.8 Å². The van der Waals surface area contributed by atoms with Crippen LogP contribution in [-0.4, -0.2) is 50.2 Å².